The number of aliphatic imine (C=N–C) groups is 1. The van der Waals surface area contributed by atoms with E-state index in [-0.39, 0.29) is 24.0 Å². The van der Waals surface area contributed by atoms with Gasteiger partial charge in [-0.3, -0.25) is 9.89 Å². The van der Waals surface area contributed by atoms with Gasteiger partial charge in [0.25, 0.3) is 0 Å². The monoisotopic (exact) mass is 474 g/mol. The molecule has 0 spiro atoms. The molecule has 1 aliphatic rings. The summed E-state index contributed by atoms with van der Waals surface area (Å²) >= 11 is 0. The van der Waals surface area contributed by atoms with E-state index in [1.807, 2.05) is 7.05 Å². The Hall–Kier alpha value is -0.860. The number of likely N-dealkylation sites (tertiary alicyclic amines) is 1. The second-order valence-electron chi connectivity index (χ2n) is 6.63. The Kier molecular flexibility index (Phi) is 11.2. The fraction of sp³-hybridized carbons (Fsp3) is 0.650. The van der Waals surface area contributed by atoms with Gasteiger partial charge in [-0.1, -0.05) is 44.2 Å². The van der Waals surface area contributed by atoms with E-state index >= 15 is 0 Å². The maximum absolute atomic E-state index is 5.31. The van der Waals surface area contributed by atoms with Crippen molar-refractivity contribution in [1.29, 1.82) is 0 Å². The normalized spacial score (nSPS) is 18.7. The van der Waals surface area contributed by atoms with Crippen LogP contribution in [0.15, 0.2) is 35.3 Å². The van der Waals surface area contributed by atoms with Gasteiger partial charge in [0.2, 0.25) is 0 Å². The molecule has 0 aromatic heterocycles. The Bertz CT molecular complexity index is 522. The number of nitrogens with zero attached hydrogens (tertiary/aromatic N) is 3. The van der Waals surface area contributed by atoms with Gasteiger partial charge in [0.1, 0.15) is 0 Å². The van der Waals surface area contributed by atoms with E-state index in [9.17, 15) is 0 Å². The number of likely N-dealkylation sites (N-methyl/N-ethyl adjacent to an activating group) is 1. The molecule has 0 bridgehead atoms. The van der Waals surface area contributed by atoms with Crippen molar-refractivity contribution >= 4 is 29.9 Å². The van der Waals surface area contributed by atoms with Crippen LogP contribution in [-0.4, -0.2) is 69.2 Å². The molecule has 1 N–H and O–H groups in total. The number of nitrogens with one attached hydrogen (secondary N) is 1. The van der Waals surface area contributed by atoms with Gasteiger partial charge in [0.05, 0.1) is 12.6 Å². The molecule has 0 amide bonds. The van der Waals surface area contributed by atoms with Gasteiger partial charge in [-0.25, -0.2) is 0 Å². The van der Waals surface area contributed by atoms with Crippen molar-refractivity contribution in [2.45, 2.75) is 26.3 Å². The molecular formula is C20H35IN4O. The first-order chi connectivity index (χ1) is 12.2. The zero-order valence-electron chi connectivity index (χ0n) is 16.6. The lowest BCUT2D eigenvalue weighted by Gasteiger charge is -2.32. The maximum atomic E-state index is 5.31. The van der Waals surface area contributed by atoms with E-state index < -0.39 is 0 Å². The standard InChI is InChI=1S/C20H34N4O.HI/c1-5-23(6-2)19(18-10-8-7-9-11-18)14-22-20(21-3)24-13-12-17(15-24)16-25-4;/h7-11,17,19H,5-6,12-16H2,1-4H3,(H,21,22);1H. The lowest BCUT2D eigenvalue weighted by molar-refractivity contribution is 0.157. The number of ether oxygens (including phenoxy) is 1. The van der Waals surface area contributed by atoms with E-state index in [1.54, 1.807) is 7.11 Å². The number of benzene rings is 1. The second-order valence-corrected chi connectivity index (χ2v) is 6.63. The zero-order valence-corrected chi connectivity index (χ0v) is 19.0. The molecule has 2 unspecified atom stereocenters. The Morgan fingerprint density at radius 3 is 2.58 bits per heavy atom. The second kappa shape index (κ2) is 12.5. The molecule has 0 aliphatic carbocycles. The van der Waals surface area contributed by atoms with Crippen molar-refractivity contribution < 1.29 is 4.74 Å². The number of hydrogen-bond acceptors (Lipinski definition) is 3. The number of hydrogen-bond donors (Lipinski definition) is 1. The van der Waals surface area contributed by atoms with E-state index in [0.29, 0.717) is 12.0 Å². The summed E-state index contributed by atoms with van der Waals surface area (Å²) in [5, 5.41) is 3.62. The smallest absolute Gasteiger partial charge is 0.193 e. The van der Waals surface area contributed by atoms with Gasteiger partial charge in [0, 0.05) is 39.7 Å². The summed E-state index contributed by atoms with van der Waals surface area (Å²) in [5.41, 5.74) is 1.35. The van der Waals surface area contributed by atoms with Crippen LogP contribution in [0.25, 0.3) is 0 Å². The molecule has 0 radical (unpaired) electrons. The molecule has 2 atom stereocenters. The molecule has 5 nitrogen and oxygen atoms in total. The first-order valence-electron chi connectivity index (χ1n) is 9.46. The molecule has 1 aromatic carbocycles. The van der Waals surface area contributed by atoms with Crippen LogP contribution < -0.4 is 5.32 Å². The maximum Gasteiger partial charge on any atom is 0.193 e. The Morgan fingerprint density at radius 2 is 2.00 bits per heavy atom. The third kappa shape index (κ3) is 6.39. The van der Waals surface area contributed by atoms with Crippen LogP contribution >= 0.6 is 24.0 Å². The fourth-order valence-corrected chi connectivity index (χ4v) is 3.71. The number of methoxy groups -OCH3 is 1. The van der Waals surface area contributed by atoms with Gasteiger partial charge in [-0.2, -0.15) is 0 Å². The minimum Gasteiger partial charge on any atom is -0.384 e. The molecule has 26 heavy (non-hydrogen) atoms. The summed E-state index contributed by atoms with van der Waals surface area (Å²) in [5.74, 6) is 1.61. The van der Waals surface area contributed by atoms with E-state index in [2.05, 4.69) is 64.3 Å². The fourth-order valence-electron chi connectivity index (χ4n) is 3.71. The molecule has 1 fully saturated rings. The summed E-state index contributed by atoms with van der Waals surface area (Å²) in [6, 6.07) is 11.1. The molecule has 148 valence electrons. The topological polar surface area (TPSA) is 40.1 Å². The summed E-state index contributed by atoms with van der Waals surface area (Å²) in [4.78, 5) is 9.36. The van der Waals surface area contributed by atoms with Crippen molar-refractivity contribution in [3.8, 4) is 0 Å². The molecule has 6 heteroatoms. The molecule has 1 aromatic rings. The third-order valence-electron chi connectivity index (χ3n) is 5.09. The zero-order chi connectivity index (χ0) is 18.1. The third-order valence-corrected chi connectivity index (χ3v) is 5.09. The Morgan fingerprint density at radius 1 is 1.31 bits per heavy atom. The highest BCUT2D eigenvalue weighted by Crippen LogP contribution is 2.20. The average Bonchev–Trinajstić information content (AvgIpc) is 3.11. The predicted molar refractivity (Wildman–Crippen MR) is 120 cm³/mol. The molecule has 0 saturated carbocycles. The highest BCUT2D eigenvalue weighted by molar-refractivity contribution is 14.0. The van der Waals surface area contributed by atoms with Crippen molar-refractivity contribution in [2.24, 2.45) is 10.9 Å². The minimum atomic E-state index is 0. The van der Waals surface area contributed by atoms with Crippen LogP contribution in [0.3, 0.4) is 0 Å². The molecule has 1 heterocycles. The predicted octanol–water partition coefficient (Wildman–Crippen LogP) is 3.23. The SMILES string of the molecule is CCN(CC)C(CNC(=NC)N1CCC(COC)C1)c1ccccc1.I. The average molecular weight is 474 g/mol. The molecule has 2 rings (SSSR count). The van der Waals surface area contributed by atoms with Crippen LogP contribution in [-0.2, 0) is 4.74 Å². The summed E-state index contributed by atoms with van der Waals surface area (Å²) in [6.07, 6.45) is 1.17. The van der Waals surface area contributed by atoms with Gasteiger partial charge >= 0.3 is 0 Å². The number of rotatable bonds is 8. The summed E-state index contributed by atoms with van der Waals surface area (Å²) in [6.45, 7) is 10.3. The molecular weight excluding hydrogens is 439 g/mol. The van der Waals surface area contributed by atoms with Crippen LogP contribution in [0, 0.1) is 5.92 Å². The van der Waals surface area contributed by atoms with Gasteiger partial charge in [-0.15, -0.1) is 24.0 Å². The van der Waals surface area contributed by atoms with Crippen molar-refractivity contribution in [2.75, 3.05) is 53.5 Å². The van der Waals surface area contributed by atoms with Crippen LogP contribution in [0.1, 0.15) is 31.9 Å². The lowest BCUT2D eigenvalue weighted by atomic mass is 10.1. The van der Waals surface area contributed by atoms with E-state index in [4.69, 9.17) is 4.74 Å². The first-order valence-corrected chi connectivity index (χ1v) is 9.46. The Labute approximate surface area is 176 Å². The summed E-state index contributed by atoms with van der Waals surface area (Å²) in [7, 11) is 3.66. The van der Waals surface area contributed by atoms with E-state index in [0.717, 1.165) is 45.3 Å². The van der Waals surface area contributed by atoms with Gasteiger partial charge < -0.3 is 15.0 Å². The quantitative estimate of drug-likeness (QED) is 0.357. The largest absolute Gasteiger partial charge is 0.384 e. The molecule has 1 saturated heterocycles. The van der Waals surface area contributed by atoms with Gasteiger partial charge in [0.15, 0.2) is 5.96 Å². The van der Waals surface area contributed by atoms with Crippen LogP contribution in [0.2, 0.25) is 0 Å². The van der Waals surface area contributed by atoms with Crippen molar-refractivity contribution in [3.05, 3.63) is 35.9 Å². The van der Waals surface area contributed by atoms with Crippen molar-refractivity contribution in [3.63, 3.8) is 0 Å². The minimum absolute atomic E-state index is 0. The highest BCUT2D eigenvalue weighted by Gasteiger charge is 2.26. The van der Waals surface area contributed by atoms with Crippen LogP contribution in [0.5, 0.6) is 0 Å². The van der Waals surface area contributed by atoms with E-state index in [1.165, 1.54) is 12.0 Å². The number of halogens is 1. The Balaban J connectivity index is 0.00000338. The lowest BCUT2D eigenvalue weighted by Crippen LogP contribution is -2.44. The number of guanidine groups is 1. The first kappa shape index (κ1) is 23.2. The van der Waals surface area contributed by atoms with Crippen molar-refractivity contribution in [1.82, 2.24) is 15.1 Å². The van der Waals surface area contributed by atoms with Gasteiger partial charge in [-0.05, 0) is 25.1 Å². The summed E-state index contributed by atoms with van der Waals surface area (Å²) < 4.78 is 5.31. The molecule has 1 aliphatic heterocycles. The highest BCUT2D eigenvalue weighted by atomic mass is 127. The van der Waals surface area contributed by atoms with Crippen LogP contribution in [0.4, 0.5) is 0 Å².